The number of methoxy groups -OCH3 is 2. The van der Waals surface area contributed by atoms with Crippen molar-refractivity contribution in [3.05, 3.63) is 17.2 Å². The van der Waals surface area contributed by atoms with Crippen molar-refractivity contribution in [2.75, 3.05) is 26.1 Å². The van der Waals surface area contributed by atoms with Gasteiger partial charge in [0.05, 0.1) is 24.9 Å². The first-order valence-corrected chi connectivity index (χ1v) is 6.80. The monoisotopic (exact) mass is 300 g/mol. The number of halogens is 1. The lowest BCUT2D eigenvalue weighted by atomic mass is 10.2. The fourth-order valence-corrected chi connectivity index (χ4v) is 1.89. The van der Waals surface area contributed by atoms with Gasteiger partial charge in [0, 0.05) is 25.1 Å². The van der Waals surface area contributed by atoms with Gasteiger partial charge in [0.1, 0.15) is 11.5 Å². The SMILES string of the molecule is COc1cc(OC)c(NC(=O)CCNC(C)C)cc1Cl. The van der Waals surface area contributed by atoms with Crippen LogP contribution in [0, 0.1) is 0 Å². The van der Waals surface area contributed by atoms with Crippen LogP contribution in [-0.4, -0.2) is 32.7 Å². The molecule has 1 aromatic carbocycles. The predicted molar refractivity (Wildman–Crippen MR) is 80.9 cm³/mol. The zero-order valence-electron chi connectivity index (χ0n) is 12.2. The Balaban J connectivity index is 2.71. The number of anilines is 1. The quantitative estimate of drug-likeness (QED) is 0.813. The number of hydrogen-bond donors (Lipinski definition) is 2. The second-order valence-corrected chi connectivity index (χ2v) is 5.00. The fraction of sp³-hybridized carbons (Fsp3) is 0.500. The van der Waals surface area contributed by atoms with E-state index in [2.05, 4.69) is 10.6 Å². The molecule has 0 aliphatic heterocycles. The number of hydrogen-bond acceptors (Lipinski definition) is 4. The summed E-state index contributed by atoms with van der Waals surface area (Å²) in [5, 5.41) is 6.39. The minimum absolute atomic E-state index is 0.0994. The smallest absolute Gasteiger partial charge is 0.225 e. The van der Waals surface area contributed by atoms with Crippen LogP contribution >= 0.6 is 11.6 Å². The van der Waals surface area contributed by atoms with E-state index in [-0.39, 0.29) is 5.91 Å². The highest BCUT2D eigenvalue weighted by atomic mass is 35.5. The lowest BCUT2D eigenvalue weighted by molar-refractivity contribution is -0.116. The summed E-state index contributed by atoms with van der Waals surface area (Å²) in [6.07, 6.45) is 0.380. The van der Waals surface area contributed by atoms with E-state index in [0.29, 0.717) is 41.2 Å². The summed E-state index contributed by atoms with van der Waals surface area (Å²) in [7, 11) is 3.05. The standard InChI is InChI=1S/C14H21ClN2O3/c1-9(2)16-6-5-14(18)17-11-7-10(15)12(19-3)8-13(11)20-4/h7-9,16H,5-6H2,1-4H3,(H,17,18). The number of carbonyl (C=O) groups excluding carboxylic acids is 1. The Morgan fingerprint density at radius 2 is 1.90 bits per heavy atom. The van der Waals surface area contributed by atoms with Crippen molar-refractivity contribution in [3.8, 4) is 11.5 Å². The van der Waals surface area contributed by atoms with Crippen LogP contribution in [-0.2, 0) is 4.79 Å². The molecule has 0 aliphatic carbocycles. The summed E-state index contributed by atoms with van der Waals surface area (Å²) in [5.41, 5.74) is 0.535. The van der Waals surface area contributed by atoms with Crippen molar-refractivity contribution >= 4 is 23.2 Å². The molecule has 0 heterocycles. The van der Waals surface area contributed by atoms with Crippen LogP contribution < -0.4 is 20.1 Å². The maximum Gasteiger partial charge on any atom is 0.225 e. The minimum Gasteiger partial charge on any atom is -0.495 e. The van der Waals surface area contributed by atoms with Crippen LogP contribution in [0.15, 0.2) is 12.1 Å². The number of rotatable bonds is 7. The van der Waals surface area contributed by atoms with Crippen LogP contribution in [0.1, 0.15) is 20.3 Å². The topological polar surface area (TPSA) is 59.6 Å². The molecule has 0 aliphatic rings. The molecule has 0 fully saturated rings. The van der Waals surface area contributed by atoms with Gasteiger partial charge in [0.15, 0.2) is 0 Å². The highest BCUT2D eigenvalue weighted by molar-refractivity contribution is 6.32. The molecule has 6 heteroatoms. The summed E-state index contributed by atoms with van der Waals surface area (Å²) in [6, 6.07) is 3.62. The number of carbonyl (C=O) groups is 1. The predicted octanol–water partition coefficient (Wildman–Crippen LogP) is 2.68. The zero-order valence-corrected chi connectivity index (χ0v) is 13.0. The fourth-order valence-electron chi connectivity index (χ4n) is 1.64. The first kappa shape index (κ1) is 16.6. The molecular weight excluding hydrogens is 280 g/mol. The second kappa shape index (κ2) is 7.97. The Hall–Kier alpha value is -1.46. The molecule has 1 aromatic rings. The average molecular weight is 301 g/mol. The van der Waals surface area contributed by atoms with Crippen molar-refractivity contribution in [1.82, 2.24) is 5.32 Å². The lowest BCUT2D eigenvalue weighted by Gasteiger charge is -2.13. The molecule has 5 nitrogen and oxygen atoms in total. The summed E-state index contributed by atoms with van der Waals surface area (Å²) >= 11 is 6.04. The lowest BCUT2D eigenvalue weighted by Crippen LogP contribution is -2.27. The van der Waals surface area contributed by atoms with Crippen LogP contribution in [0.4, 0.5) is 5.69 Å². The van der Waals surface area contributed by atoms with E-state index in [1.165, 1.54) is 14.2 Å². The van der Waals surface area contributed by atoms with Crippen LogP contribution in [0.5, 0.6) is 11.5 Å². The average Bonchev–Trinajstić information content (AvgIpc) is 2.38. The summed E-state index contributed by atoms with van der Waals surface area (Å²) in [5.74, 6) is 0.914. The Kier molecular flexibility index (Phi) is 6.61. The van der Waals surface area contributed by atoms with Crippen molar-refractivity contribution in [3.63, 3.8) is 0 Å². The molecule has 2 N–H and O–H groups in total. The summed E-state index contributed by atoms with van der Waals surface area (Å²) in [4.78, 5) is 11.8. The molecule has 0 atom stereocenters. The molecule has 0 saturated carbocycles. The maximum absolute atomic E-state index is 11.8. The van der Waals surface area contributed by atoms with Gasteiger partial charge in [-0.15, -0.1) is 0 Å². The van der Waals surface area contributed by atoms with Crippen LogP contribution in [0.3, 0.4) is 0 Å². The molecule has 0 unspecified atom stereocenters. The third-order valence-electron chi connectivity index (χ3n) is 2.65. The van der Waals surface area contributed by atoms with E-state index in [4.69, 9.17) is 21.1 Å². The van der Waals surface area contributed by atoms with E-state index in [1.54, 1.807) is 12.1 Å². The Bertz CT molecular complexity index is 464. The molecule has 112 valence electrons. The van der Waals surface area contributed by atoms with Gasteiger partial charge in [-0.2, -0.15) is 0 Å². The second-order valence-electron chi connectivity index (χ2n) is 4.59. The molecule has 1 rings (SSSR count). The van der Waals surface area contributed by atoms with Crippen molar-refractivity contribution < 1.29 is 14.3 Å². The molecule has 20 heavy (non-hydrogen) atoms. The molecule has 0 aromatic heterocycles. The van der Waals surface area contributed by atoms with Crippen LogP contribution in [0.2, 0.25) is 5.02 Å². The zero-order chi connectivity index (χ0) is 15.1. The van der Waals surface area contributed by atoms with Gasteiger partial charge >= 0.3 is 0 Å². The maximum atomic E-state index is 11.8. The van der Waals surface area contributed by atoms with Gasteiger partial charge in [-0.25, -0.2) is 0 Å². The molecule has 0 saturated heterocycles. The number of nitrogens with one attached hydrogen (secondary N) is 2. The summed E-state index contributed by atoms with van der Waals surface area (Å²) < 4.78 is 10.3. The van der Waals surface area contributed by atoms with Crippen molar-refractivity contribution in [2.45, 2.75) is 26.3 Å². The Morgan fingerprint density at radius 1 is 1.25 bits per heavy atom. The largest absolute Gasteiger partial charge is 0.495 e. The first-order valence-electron chi connectivity index (χ1n) is 6.42. The van der Waals surface area contributed by atoms with Gasteiger partial charge < -0.3 is 20.1 Å². The van der Waals surface area contributed by atoms with E-state index in [0.717, 1.165) is 0 Å². The molecule has 0 spiro atoms. The molecule has 0 bridgehead atoms. The highest BCUT2D eigenvalue weighted by Gasteiger charge is 2.12. The van der Waals surface area contributed by atoms with E-state index < -0.39 is 0 Å². The van der Waals surface area contributed by atoms with E-state index in [9.17, 15) is 4.79 Å². The van der Waals surface area contributed by atoms with E-state index in [1.807, 2.05) is 13.8 Å². The molecule has 0 radical (unpaired) electrons. The first-order chi connectivity index (χ1) is 9.47. The van der Waals surface area contributed by atoms with Crippen molar-refractivity contribution in [2.24, 2.45) is 0 Å². The van der Waals surface area contributed by atoms with Gasteiger partial charge in [-0.1, -0.05) is 25.4 Å². The van der Waals surface area contributed by atoms with Gasteiger partial charge in [0.2, 0.25) is 5.91 Å². The minimum atomic E-state index is -0.0994. The number of amides is 1. The van der Waals surface area contributed by atoms with Gasteiger partial charge in [-0.3, -0.25) is 4.79 Å². The molecule has 1 amide bonds. The third-order valence-corrected chi connectivity index (χ3v) is 2.95. The summed E-state index contributed by atoms with van der Waals surface area (Å²) in [6.45, 7) is 4.68. The Morgan fingerprint density at radius 3 is 2.45 bits per heavy atom. The van der Waals surface area contributed by atoms with Crippen LogP contribution in [0.25, 0.3) is 0 Å². The number of ether oxygens (including phenoxy) is 2. The third kappa shape index (κ3) is 4.90. The van der Waals surface area contributed by atoms with Gasteiger partial charge in [-0.05, 0) is 6.07 Å². The Labute approximate surface area is 124 Å². The molecular formula is C14H21ClN2O3. The number of benzene rings is 1. The van der Waals surface area contributed by atoms with Gasteiger partial charge in [0.25, 0.3) is 0 Å². The van der Waals surface area contributed by atoms with E-state index >= 15 is 0 Å². The highest BCUT2D eigenvalue weighted by Crippen LogP contribution is 2.35. The normalized spacial score (nSPS) is 10.5. The van der Waals surface area contributed by atoms with Crippen molar-refractivity contribution in [1.29, 1.82) is 0 Å².